The van der Waals surface area contributed by atoms with Crippen molar-refractivity contribution in [1.29, 1.82) is 0 Å². The van der Waals surface area contributed by atoms with Crippen LogP contribution in [-0.4, -0.2) is 59.5 Å². The van der Waals surface area contributed by atoms with Gasteiger partial charge in [0.1, 0.15) is 0 Å². The van der Waals surface area contributed by atoms with E-state index in [0.717, 1.165) is 45.3 Å². The van der Waals surface area contributed by atoms with E-state index < -0.39 is 0 Å². The maximum absolute atomic E-state index is 8.71. The summed E-state index contributed by atoms with van der Waals surface area (Å²) in [7, 11) is 0. The second kappa shape index (κ2) is 8.96. The molecule has 1 aliphatic heterocycles. The Kier molecular flexibility index (Phi) is 6.91. The maximum Gasteiger partial charge on any atom is 0.231 e. The zero-order valence-electron chi connectivity index (χ0n) is 12.1. The Bertz CT molecular complexity index is 429. The molecule has 1 aromatic heterocycles. The molecular formula is C13H22ClN5O2. The molecular weight excluding hydrogens is 294 g/mol. The molecule has 2 N–H and O–H groups in total. The normalized spacial score (nSPS) is 15.2. The van der Waals surface area contributed by atoms with Crippen LogP contribution in [0, 0.1) is 0 Å². The van der Waals surface area contributed by atoms with Crippen molar-refractivity contribution in [1.82, 2.24) is 15.0 Å². The number of unbranched alkanes of at least 4 members (excludes halogenated alkanes) is 3. The number of ether oxygens (including phenoxy) is 1. The van der Waals surface area contributed by atoms with E-state index in [1.54, 1.807) is 0 Å². The van der Waals surface area contributed by atoms with Gasteiger partial charge in [-0.2, -0.15) is 15.0 Å². The zero-order valence-corrected chi connectivity index (χ0v) is 12.8. The number of nitrogens with zero attached hydrogens (tertiary/aromatic N) is 4. The first-order valence-electron chi connectivity index (χ1n) is 7.38. The lowest BCUT2D eigenvalue weighted by Gasteiger charge is -2.26. The molecule has 0 atom stereocenters. The van der Waals surface area contributed by atoms with Gasteiger partial charge in [-0.1, -0.05) is 12.8 Å². The average molecular weight is 316 g/mol. The molecule has 0 radical (unpaired) electrons. The number of halogens is 1. The number of hydrogen-bond donors (Lipinski definition) is 2. The summed E-state index contributed by atoms with van der Waals surface area (Å²) in [6.45, 7) is 3.93. The molecule has 21 heavy (non-hydrogen) atoms. The first-order valence-corrected chi connectivity index (χ1v) is 7.76. The van der Waals surface area contributed by atoms with Gasteiger partial charge in [-0.05, 0) is 24.4 Å². The molecule has 8 heteroatoms. The summed E-state index contributed by atoms with van der Waals surface area (Å²) in [5.74, 6) is 1.11. The van der Waals surface area contributed by atoms with Crippen molar-refractivity contribution in [2.24, 2.45) is 0 Å². The molecule has 0 unspecified atom stereocenters. The van der Waals surface area contributed by atoms with Crippen LogP contribution in [0.15, 0.2) is 0 Å². The van der Waals surface area contributed by atoms with Gasteiger partial charge in [0.2, 0.25) is 17.2 Å². The van der Waals surface area contributed by atoms with Crippen molar-refractivity contribution in [2.45, 2.75) is 25.7 Å². The van der Waals surface area contributed by atoms with Gasteiger partial charge in [-0.25, -0.2) is 0 Å². The Morgan fingerprint density at radius 3 is 2.62 bits per heavy atom. The van der Waals surface area contributed by atoms with Crippen LogP contribution >= 0.6 is 11.6 Å². The summed E-state index contributed by atoms with van der Waals surface area (Å²) >= 11 is 5.96. The second-order valence-electron chi connectivity index (χ2n) is 4.89. The van der Waals surface area contributed by atoms with Crippen molar-refractivity contribution in [2.75, 3.05) is 49.7 Å². The fourth-order valence-corrected chi connectivity index (χ4v) is 2.27. The highest BCUT2D eigenvalue weighted by Gasteiger charge is 2.15. The molecule has 0 saturated carbocycles. The molecule has 1 aliphatic rings. The molecule has 0 aromatic carbocycles. The predicted molar refractivity (Wildman–Crippen MR) is 81.9 cm³/mol. The lowest BCUT2D eigenvalue weighted by Crippen LogP contribution is -2.37. The van der Waals surface area contributed by atoms with E-state index in [1.807, 2.05) is 4.90 Å². The molecule has 1 saturated heterocycles. The number of anilines is 2. The van der Waals surface area contributed by atoms with Gasteiger partial charge in [-0.3, -0.25) is 0 Å². The van der Waals surface area contributed by atoms with E-state index in [9.17, 15) is 0 Å². The van der Waals surface area contributed by atoms with Crippen molar-refractivity contribution in [3.63, 3.8) is 0 Å². The number of aliphatic hydroxyl groups excluding tert-OH is 1. The molecule has 0 spiro atoms. The minimum Gasteiger partial charge on any atom is -0.396 e. The second-order valence-corrected chi connectivity index (χ2v) is 5.23. The highest BCUT2D eigenvalue weighted by Crippen LogP contribution is 2.15. The fourth-order valence-electron chi connectivity index (χ4n) is 2.11. The Labute approximate surface area is 129 Å². The SMILES string of the molecule is OCCCCCCNc1nc(Cl)nc(N2CCOCC2)n1. The lowest BCUT2D eigenvalue weighted by molar-refractivity contribution is 0.122. The Hall–Kier alpha value is -1.18. The van der Waals surface area contributed by atoms with E-state index in [0.29, 0.717) is 25.1 Å². The fraction of sp³-hybridized carbons (Fsp3) is 0.769. The topological polar surface area (TPSA) is 83.4 Å². The van der Waals surface area contributed by atoms with Crippen LogP contribution in [0.2, 0.25) is 5.28 Å². The largest absolute Gasteiger partial charge is 0.396 e. The summed E-state index contributed by atoms with van der Waals surface area (Å²) < 4.78 is 5.31. The smallest absolute Gasteiger partial charge is 0.231 e. The summed E-state index contributed by atoms with van der Waals surface area (Å²) in [5.41, 5.74) is 0. The highest BCUT2D eigenvalue weighted by molar-refractivity contribution is 6.28. The summed E-state index contributed by atoms with van der Waals surface area (Å²) in [4.78, 5) is 14.7. The van der Waals surface area contributed by atoms with Crippen molar-refractivity contribution in [3.05, 3.63) is 5.28 Å². The van der Waals surface area contributed by atoms with E-state index in [1.165, 1.54) is 0 Å². The summed E-state index contributed by atoms with van der Waals surface area (Å²) in [6.07, 6.45) is 3.98. The van der Waals surface area contributed by atoms with Crippen LogP contribution < -0.4 is 10.2 Å². The number of hydrogen-bond acceptors (Lipinski definition) is 7. The van der Waals surface area contributed by atoms with Gasteiger partial charge in [0.25, 0.3) is 0 Å². The van der Waals surface area contributed by atoms with Crippen molar-refractivity contribution < 1.29 is 9.84 Å². The number of aromatic nitrogens is 3. The summed E-state index contributed by atoms with van der Waals surface area (Å²) in [6, 6.07) is 0. The lowest BCUT2D eigenvalue weighted by atomic mass is 10.2. The van der Waals surface area contributed by atoms with Gasteiger partial charge in [0, 0.05) is 26.2 Å². The molecule has 0 amide bonds. The molecule has 1 aromatic rings. The first kappa shape index (κ1) is 16.2. The van der Waals surface area contributed by atoms with E-state index in [-0.39, 0.29) is 11.9 Å². The first-order chi connectivity index (χ1) is 10.3. The monoisotopic (exact) mass is 315 g/mol. The van der Waals surface area contributed by atoms with Gasteiger partial charge in [0.05, 0.1) is 13.2 Å². The number of aliphatic hydroxyl groups is 1. The van der Waals surface area contributed by atoms with Crippen LogP contribution in [-0.2, 0) is 4.74 Å². The third-order valence-corrected chi connectivity index (χ3v) is 3.43. The van der Waals surface area contributed by atoms with Gasteiger partial charge >= 0.3 is 0 Å². The van der Waals surface area contributed by atoms with Crippen LogP contribution in [0.4, 0.5) is 11.9 Å². The molecule has 2 rings (SSSR count). The summed E-state index contributed by atoms with van der Waals surface area (Å²) in [5, 5.41) is 12.1. The van der Waals surface area contributed by atoms with Crippen LogP contribution in [0.1, 0.15) is 25.7 Å². The minimum absolute atomic E-state index is 0.203. The van der Waals surface area contributed by atoms with Crippen LogP contribution in [0.25, 0.3) is 0 Å². The van der Waals surface area contributed by atoms with E-state index in [4.69, 9.17) is 21.4 Å². The Morgan fingerprint density at radius 1 is 1.10 bits per heavy atom. The third-order valence-electron chi connectivity index (χ3n) is 3.26. The number of rotatable bonds is 8. The van der Waals surface area contributed by atoms with Crippen LogP contribution in [0.3, 0.4) is 0 Å². The molecule has 0 bridgehead atoms. The minimum atomic E-state index is 0.203. The predicted octanol–water partition coefficient (Wildman–Crippen LogP) is 1.33. The van der Waals surface area contributed by atoms with E-state index >= 15 is 0 Å². The van der Waals surface area contributed by atoms with E-state index in [2.05, 4.69) is 20.3 Å². The standard InChI is InChI=1S/C13H22ClN5O2/c14-11-16-12(15-5-3-1-2-4-8-20)18-13(17-11)19-6-9-21-10-7-19/h20H,1-10H2,(H,15,16,17,18). The molecule has 2 heterocycles. The third kappa shape index (κ3) is 5.61. The quantitative estimate of drug-likeness (QED) is 0.700. The number of morpholine rings is 1. The maximum atomic E-state index is 8.71. The highest BCUT2D eigenvalue weighted by atomic mass is 35.5. The van der Waals surface area contributed by atoms with Crippen molar-refractivity contribution in [3.8, 4) is 0 Å². The Morgan fingerprint density at radius 2 is 1.86 bits per heavy atom. The van der Waals surface area contributed by atoms with Crippen LogP contribution in [0.5, 0.6) is 0 Å². The Balaban J connectivity index is 1.83. The number of nitrogens with one attached hydrogen (secondary N) is 1. The molecule has 118 valence electrons. The van der Waals surface area contributed by atoms with Crippen molar-refractivity contribution >= 4 is 23.5 Å². The van der Waals surface area contributed by atoms with Gasteiger partial charge in [0.15, 0.2) is 0 Å². The molecule has 7 nitrogen and oxygen atoms in total. The van der Waals surface area contributed by atoms with Gasteiger partial charge < -0.3 is 20.1 Å². The molecule has 0 aliphatic carbocycles. The average Bonchev–Trinajstić information content (AvgIpc) is 2.51. The zero-order chi connectivity index (χ0) is 14.9. The van der Waals surface area contributed by atoms with Gasteiger partial charge in [-0.15, -0.1) is 0 Å². The molecule has 1 fully saturated rings.